The van der Waals surface area contributed by atoms with E-state index in [2.05, 4.69) is 15.0 Å². The number of carbonyl (C=O) groups is 1. The number of anilines is 1. The van der Waals surface area contributed by atoms with Crippen molar-refractivity contribution in [3.8, 4) is 0 Å². The van der Waals surface area contributed by atoms with Crippen molar-refractivity contribution in [2.24, 2.45) is 11.0 Å². The van der Waals surface area contributed by atoms with Crippen LogP contribution in [0.5, 0.6) is 0 Å². The number of hydrogen-bond acceptors (Lipinski definition) is 3. The lowest BCUT2D eigenvalue weighted by atomic mass is 10.1. The summed E-state index contributed by atoms with van der Waals surface area (Å²) in [5.74, 6) is -0.469. The molecule has 0 spiro atoms. The van der Waals surface area contributed by atoms with Crippen molar-refractivity contribution in [1.82, 2.24) is 4.98 Å². The lowest BCUT2D eigenvalue weighted by molar-refractivity contribution is -0.141. The highest BCUT2D eigenvalue weighted by Crippen LogP contribution is 2.31. The van der Waals surface area contributed by atoms with E-state index in [1.54, 1.807) is 0 Å². The maximum atomic E-state index is 12.6. The van der Waals surface area contributed by atoms with Gasteiger partial charge >= 0.3 is 6.18 Å². The van der Waals surface area contributed by atoms with Crippen LogP contribution in [0.1, 0.15) is 12.1 Å². The van der Waals surface area contributed by atoms with E-state index in [0.717, 1.165) is 12.3 Å². The van der Waals surface area contributed by atoms with E-state index in [0.29, 0.717) is 0 Å². The molecular formula is C11H10F3N5O. The maximum Gasteiger partial charge on any atom is 0.433 e. The van der Waals surface area contributed by atoms with Crippen LogP contribution >= 0.6 is 0 Å². The molecule has 20 heavy (non-hydrogen) atoms. The zero-order valence-corrected chi connectivity index (χ0v) is 10.2. The van der Waals surface area contributed by atoms with E-state index in [-0.39, 0.29) is 37.0 Å². The number of pyridine rings is 1. The van der Waals surface area contributed by atoms with Gasteiger partial charge in [0.1, 0.15) is 5.69 Å². The number of aromatic nitrogens is 1. The van der Waals surface area contributed by atoms with Crippen LogP contribution in [-0.4, -0.2) is 24.0 Å². The third kappa shape index (κ3) is 3.00. The molecule has 1 fully saturated rings. The van der Waals surface area contributed by atoms with Crippen LogP contribution in [0.25, 0.3) is 10.4 Å². The molecule has 1 aliphatic heterocycles. The van der Waals surface area contributed by atoms with E-state index in [9.17, 15) is 18.0 Å². The standard InChI is InChI=1S/C11H10F3N5O/c12-11(13,14)9-4-8(1-2-16-9)19-6-7(3-10(19)20)5-17-18-15/h1-2,4,7H,3,5-6H2. The van der Waals surface area contributed by atoms with Gasteiger partial charge in [-0.1, -0.05) is 5.11 Å². The summed E-state index contributed by atoms with van der Waals surface area (Å²) in [6.07, 6.45) is -3.38. The van der Waals surface area contributed by atoms with E-state index in [1.165, 1.54) is 11.0 Å². The normalized spacial score (nSPS) is 19.1. The molecule has 6 nitrogen and oxygen atoms in total. The molecule has 0 radical (unpaired) electrons. The molecule has 0 aliphatic carbocycles. The van der Waals surface area contributed by atoms with Crippen LogP contribution < -0.4 is 4.90 Å². The van der Waals surface area contributed by atoms with E-state index in [1.807, 2.05) is 0 Å². The summed E-state index contributed by atoms with van der Waals surface area (Å²) >= 11 is 0. The molecule has 0 N–H and O–H groups in total. The van der Waals surface area contributed by atoms with Crippen LogP contribution in [0.4, 0.5) is 18.9 Å². The smallest absolute Gasteiger partial charge is 0.312 e. The third-order valence-electron chi connectivity index (χ3n) is 2.95. The molecule has 1 aliphatic rings. The van der Waals surface area contributed by atoms with Gasteiger partial charge in [-0.25, -0.2) is 0 Å². The molecular weight excluding hydrogens is 275 g/mol. The highest BCUT2D eigenvalue weighted by molar-refractivity contribution is 5.95. The number of amides is 1. The van der Waals surface area contributed by atoms with Crippen molar-refractivity contribution in [2.75, 3.05) is 18.0 Å². The molecule has 2 rings (SSSR count). The topological polar surface area (TPSA) is 82.0 Å². The average Bonchev–Trinajstić information content (AvgIpc) is 2.77. The van der Waals surface area contributed by atoms with Gasteiger partial charge in [-0.2, -0.15) is 13.2 Å². The lowest BCUT2D eigenvalue weighted by Gasteiger charge is -2.17. The fourth-order valence-electron chi connectivity index (χ4n) is 2.05. The van der Waals surface area contributed by atoms with Gasteiger partial charge in [-0.3, -0.25) is 9.78 Å². The minimum Gasteiger partial charge on any atom is -0.312 e. The van der Waals surface area contributed by atoms with Crippen molar-refractivity contribution in [1.29, 1.82) is 0 Å². The molecule has 1 unspecified atom stereocenters. The summed E-state index contributed by atoms with van der Waals surface area (Å²) in [6.45, 7) is 0.384. The van der Waals surface area contributed by atoms with Crippen LogP contribution in [0.2, 0.25) is 0 Å². The number of rotatable bonds is 3. The molecule has 0 saturated carbocycles. The number of nitrogens with zero attached hydrogens (tertiary/aromatic N) is 5. The Morgan fingerprint density at radius 1 is 1.55 bits per heavy atom. The fraction of sp³-hybridized carbons (Fsp3) is 0.455. The Hall–Kier alpha value is -2.28. The van der Waals surface area contributed by atoms with Crippen LogP contribution in [-0.2, 0) is 11.0 Å². The van der Waals surface area contributed by atoms with Crippen molar-refractivity contribution >= 4 is 11.6 Å². The fourth-order valence-corrected chi connectivity index (χ4v) is 2.05. The second-order valence-electron chi connectivity index (χ2n) is 4.38. The predicted octanol–water partition coefficient (Wildman–Crippen LogP) is 2.76. The largest absolute Gasteiger partial charge is 0.433 e. The SMILES string of the molecule is [N-]=[N+]=NCC1CC(=O)N(c2ccnc(C(F)(F)F)c2)C1. The second kappa shape index (κ2) is 5.38. The third-order valence-corrected chi connectivity index (χ3v) is 2.95. The number of azide groups is 1. The zero-order valence-electron chi connectivity index (χ0n) is 10.2. The summed E-state index contributed by atoms with van der Waals surface area (Å²) in [7, 11) is 0. The van der Waals surface area contributed by atoms with Crippen molar-refractivity contribution in [3.05, 3.63) is 34.5 Å². The summed E-state index contributed by atoms with van der Waals surface area (Å²) in [5.41, 5.74) is 7.34. The zero-order chi connectivity index (χ0) is 14.8. The van der Waals surface area contributed by atoms with Gasteiger partial charge in [0.25, 0.3) is 0 Å². The molecule has 9 heteroatoms. The van der Waals surface area contributed by atoms with Gasteiger partial charge in [0.15, 0.2) is 0 Å². The molecule has 0 aromatic carbocycles. The van der Waals surface area contributed by atoms with Crippen molar-refractivity contribution < 1.29 is 18.0 Å². The highest BCUT2D eigenvalue weighted by Gasteiger charge is 2.35. The first-order chi connectivity index (χ1) is 9.41. The van der Waals surface area contributed by atoms with Gasteiger partial charge in [-0.05, 0) is 23.6 Å². The Kier molecular flexibility index (Phi) is 3.80. The van der Waals surface area contributed by atoms with E-state index < -0.39 is 11.9 Å². The summed E-state index contributed by atoms with van der Waals surface area (Å²) in [6, 6.07) is 2.19. The van der Waals surface area contributed by atoms with E-state index in [4.69, 9.17) is 5.53 Å². The Labute approximate surface area is 111 Å². The summed E-state index contributed by atoms with van der Waals surface area (Å²) < 4.78 is 37.7. The van der Waals surface area contributed by atoms with Crippen molar-refractivity contribution in [2.45, 2.75) is 12.6 Å². The lowest BCUT2D eigenvalue weighted by Crippen LogP contribution is -2.25. The van der Waals surface area contributed by atoms with Gasteiger partial charge in [0.2, 0.25) is 5.91 Å². The van der Waals surface area contributed by atoms with Gasteiger partial charge in [0.05, 0.1) is 0 Å². The van der Waals surface area contributed by atoms with Gasteiger partial charge in [-0.15, -0.1) is 0 Å². The molecule has 1 amide bonds. The molecule has 106 valence electrons. The minimum absolute atomic E-state index is 0.149. The first-order valence-electron chi connectivity index (χ1n) is 5.76. The molecule has 1 saturated heterocycles. The van der Waals surface area contributed by atoms with Crippen LogP contribution in [0.15, 0.2) is 23.4 Å². The molecule has 2 heterocycles. The second-order valence-corrected chi connectivity index (χ2v) is 4.38. The summed E-state index contributed by atoms with van der Waals surface area (Å²) in [4.78, 5) is 18.9. The first-order valence-corrected chi connectivity index (χ1v) is 5.76. The number of hydrogen-bond donors (Lipinski definition) is 0. The van der Waals surface area contributed by atoms with Crippen LogP contribution in [0.3, 0.4) is 0 Å². The van der Waals surface area contributed by atoms with E-state index >= 15 is 0 Å². The van der Waals surface area contributed by atoms with Gasteiger partial charge in [0, 0.05) is 36.3 Å². The Bertz CT molecular complexity index is 567. The molecule has 1 aromatic heterocycles. The molecule has 1 aromatic rings. The number of carbonyl (C=O) groups excluding carboxylic acids is 1. The predicted molar refractivity (Wildman–Crippen MR) is 63.7 cm³/mol. The average molecular weight is 285 g/mol. The van der Waals surface area contributed by atoms with Crippen molar-refractivity contribution in [3.63, 3.8) is 0 Å². The Morgan fingerprint density at radius 3 is 2.95 bits per heavy atom. The quantitative estimate of drug-likeness (QED) is 0.486. The molecule has 0 bridgehead atoms. The maximum absolute atomic E-state index is 12.6. The number of halogens is 3. The first kappa shape index (κ1) is 14.1. The Morgan fingerprint density at radius 2 is 2.30 bits per heavy atom. The Balaban J connectivity index is 2.20. The van der Waals surface area contributed by atoms with Gasteiger partial charge < -0.3 is 4.90 Å². The van der Waals surface area contributed by atoms with Crippen LogP contribution in [0, 0.1) is 5.92 Å². The number of alkyl halides is 3. The monoisotopic (exact) mass is 285 g/mol. The molecule has 1 atom stereocenters. The highest BCUT2D eigenvalue weighted by atomic mass is 19.4. The minimum atomic E-state index is -4.55. The summed E-state index contributed by atoms with van der Waals surface area (Å²) in [5, 5.41) is 3.38.